The minimum absolute atomic E-state index is 0.0924. The number of carboxylic acids is 1. The minimum Gasteiger partial charge on any atom is -0.481 e. The van der Waals surface area contributed by atoms with E-state index in [9.17, 15) is 19.5 Å². The number of rotatable bonds is 7. The van der Waals surface area contributed by atoms with E-state index in [4.69, 9.17) is 10.5 Å². The van der Waals surface area contributed by atoms with E-state index in [0.717, 1.165) is 77.3 Å². The third-order valence-corrected chi connectivity index (χ3v) is 18.1. The zero-order chi connectivity index (χ0) is 36.4. The van der Waals surface area contributed by atoms with Gasteiger partial charge in [-0.05, 0) is 136 Å². The van der Waals surface area contributed by atoms with E-state index in [1.165, 1.54) is 6.42 Å². The summed E-state index contributed by atoms with van der Waals surface area (Å²) in [6.45, 7) is 22.2. The van der Waals surface area contributed by atoms with Crippen LogP contribution in [-0.2, 0) is 19.1 Å². The van der Waals surface area contributed by atoms with Crippen molar-refractivity contribution in [3.05, 3.63) is 0 Å². The zero-order valence-corrected chi connectivity index (χ0v) is 32.8. The number of carboxylic acid groups (broad SMARTS) is 1. The minimum atomic E-state index is -1.14. The van der Waals surface area contributed by atoms with Crippen molar-refractivity contribution < 1.29 is 24.2 Å². The molecule has 0 radical (unpaired) electrons. The third-order valence-electron chi connectivity index (χ3n) is 18.1. The summed E-state index contributed by atoms with van der Waals surface area (Å²) < 4.78 is 6.19. The van der Waals surface area contributed by atoms with Gasteiger partial charge in [-0.3, -0.25) is 14.4 Å². The number of nitrogens with zero attached hydrogens (tertiary/aromatic N) is 1. The van der Waals surface area contributed by atoms with E-state index >= 15 is 0 Å². The lowest BCUT2D eigenvalue weighted by molar-refractivity contribution is -0.255. The Labute approximate surface area is 302 Å². The van der Waals surface area contributed by atoms with Crippen LogP contribution in [0, 0.1) is 62.1 Å². The van der Waals surface area contributed by atoms with Crippen molar-refractivity contribution in [3.8, 4) is 0 Å². The third kappa shape index (κ3) is 4.90. The highest BCUT2D eigenvalue weighted by atomic mass is 16.5. The molecule has 2 bridgehead atoms. The van der Waals surface area contributed by atoms with Crippen molar-refractivity contribution in [2.45, 2.75) is 170 Å². The van der Waals surface area contributed by atoms with Crippen molar-refractivity contribution >= 4 is 17.8 Å². The summed E-state index contributed by atoms with van der Waals surface area (Å²) in [6, 6.07) is 0.825. The summed E-state index contributed by atoms with van der Waals surface area (Å²) in [5.74, 6) is 1.29. The van der Waals surface area contributed by atoms with Crippen LogP contribution in [0.5, 0.6) is 0 Å². The molecule has 8 heteroatoms. The highest BCUT2D eigenvalue weighted by Crippen LogP contribution is 2.78. The molecule has 0 spiro atoms. The van der Waals surface area contributed by atoms with E-state index < -0.39 is 17.4 Å². The summed E-state index contributed by atoms with van der Waals surface area (Å²) in [5, 5.41) is 13.2. The maximum absolute atomic E-state index is 14.2. The summed E-state index contributed by atoms with van der Waals surface area (Å²) in [6.07, 6.45) is 12.3. The second kappa shape index (κ2) is 11.7. The van der Waals surface area contributed by atoms with E-state index in [0.29, 0.717) is 54.0 Å². The number of nitrogens with two attached hydrogens (primary N) is 1. The average molecular weight is 696 g/mol. The molecule has 282 valence electrons. The molecule has 0 aromatic rings. The molecule has 0 aromatic carbocycles. The summed E-state index contributed by atoms with van der Waals surface area (Å²) in [4.78, 5) is 41.3. The number of likely N-dealkylation sites (tertiary alicyclic amines) is 1. The first kappa shape index (κ1) is 36.7. The molecule has 2 unspecified atom stereocenters. The standard InChI is InChI=1S/C42H69N3O5/c1-25(2)28-12-17-41(21-33(46)45-24-26-20-27(45)23-44-26)19-18-40(9)31(42(28,41)43)11-10-30-38(7)15-14-32(50-34(47)22-36(3,4)35(48)49)37(5,6)29(38)13-16-39(30,40)8/h25-32,44H,10-24,43H2,1-9H3,(H,48,49)/t26?,27?,28-,29-,30+,31-,32-,38-,39+,40+,41+,42-/m0/s1. The molecular formula is C42H69N3O5. The number of nitrogens with one attached hydrogen (secondary N) is 1. The number of carbonyl (C=O) groups is 3. The highest BCUT2D eigenvalue weighted by Gasteiger charge is 2.75. The molecule has 2 saturated heterocycles. The molecule has 50 heavy (non-hydrogen) atoms. The van der Waals surface area contributed by atoms with Crippen LogP contribution < -0.4 is 11.1 Å². The van der Waals surface area contributed by atoms with Crippen LogP contribution in [0.15, 0.2) is 0 Å². The highest BCUT2D eigenvalue weighted by molar-refractivity contribution is 5.81. The molecule has 7 fully saturated rings. The Balaban J connectivity index is 1.15. The Morgan fingerprint density at radius 2 is 1.58 bits per heavy atom. The normalized spacial score (nSPS) is 47.7. The smallest absolute Gasteiger partial charge is 0.309 e. The molecule has 5 saturated carbocycles. The van der Waals surface area contributed by atoms with Crippen LogP contribution in [0.2, 0.25) is 0 Å². The van der Waals surface area contributed by atoms with Crippen molar-refractivity contribution in [2.24, 2.45) is 67.8 Å². The largest absolute Gasteiger partial charge is 0.481 e. The van der Waals surface area contributed by atoms with Crippen LogP contribution >= 0.6 is 0 Å². The van der Waals surface area contributed by atoms with Crippen LogP contribution in [-0.4, -0.2) is 64.7 Å². The number of aliphatic carboxylic acids is 1. The first-order chi connectivity index (χ1) is 23.2. The maximum Gasteiger partial charge on any atom is 0.309 e. The number of fused-ring (bicyclic) bond motifs is 9. The topological polar surface area (TPSA) is 122 Å². The summed E-state index contributed by atoms with van der Waals surface area (Å²) in [5.41, 5.74) is 6.69. The van der Waals surface area contributed by atoms with Gasteiger partial charge in [0.25, 0.3) is 0 Å². The van der Waals surface area contributed by atoms with Gasteiger partial charge in [0, 0.05) is 42.5 Å². The van der Waals surface area contributed by atoms with Gasteiger partial charge in [0.15, 0.2) is 0 Å². The first-order valence-electron chi connectivity index (χ1n) is 20.4. The van der Waals surface area contributed by atoms with Crippen molar-refractivity contribution in [3.63, 3.8) is 0 Å². The maximum atomic E-state index is 14.2. The van der Waals surface area contributed by atoms with Crippen LogP contribution in [0.3, 0.4) is 0 Å². The molecule has 2 aliphatic heterocycles. The van der Waals surface area contributed by atoms with Gasteiger partial charge < -0.3 is 25.8 Å². The average Bonchev–Trinajstić information content (AvgIpc) is 3.73. The van der Waals surface area contributed by atoms with Crippen LogP contribution in [0.1, 0.15) is 146 Å². The number of esters is 1. The number of hydrogen-bond acceptors (Lipinski definition) is 6. The number of ether oxygens (including phenoxy) is 1. The van der Waals surface area contributed by atoms with Gasteiger partial charge in [-0.1, -0.05) is 48.5 Å². The van der Waals surface area contributed by atoms with Gasteiger partial charge in [0.2, 0.25) is 5.91 Å². The van der Waals surface area contributed by atoms with E-state index in [1.54, 1.807) is 13.8 Å². The van der Waals surface area contributed by atoms with E-state index in [2.05, 4.69) is 58.7 Å². The Morgan fingerprint density at radius 3 is 2.20 bits per heavy atom. The van der Waals surface area contributed by atoms with E-state index in [1.807, 2.05) is 0 Å². The molecule has 7 rings (SSSR count). The van der Waals surface area contributed by atoms with Crippen molar-refractivity contribution in [2.75, 3.05) is 13.1 Å². The molecule has 12 atom stereocenters. The second-order valence-electron chi connectivity index (χ2n) is 21.1. The Morgan fingerprint density at radius 1 is 0.900 bits per heavy atom. The molecule has 0 aromatic heterocycles. The van der Waals surface area contributed by atoms with Crippen molar-refractivity contribution in [1.29, 1.82) is 0 Å². The number of hydrogen-bond donors (Lipinski definition) is 3. The fourth-order valence-corrected chi connectivity index (χ4v) is 15.2. The SMILES string of the molecule is CC(C)[C@@H]1CC[C@]2(CC(=O)N3CC4CC3CN4)CC[C@]3(C)[C@H](CC[C@@H]4[C@@]5(C)CC[C@H](OC(=O)CC(C)(C)C(=O)O)C(C)(C)[C@@H]5CC[C@]43C)[C@@]12N. The Hall–Kier alpha value is -1.67. The lowest BCUT2D eigenvalue weighted by Gasteiger charge is -2.74. The molecule has 8 nitrogen and oxygen atoms in total. The lowest BCUT2D eigenvalue weighted by Crippen LogP contribution is -2.74. The Bertz CT molecular complexity index is 1410. The van der Waals surface area contributed by atoms with Gasteiger partial charge in [-0.25, -0.2) is 0 Å². The molecule has 7 aliphatic rings. The fourth-order valence-electron chi connectivity index (χ4n) is 15.2. The van der Waals surface area contributed by atoms with Gasteiger partial charge in [-0.2, -0.15) is 0 Å². The predicted molar refractivity (Wildman–Crippen MR) is 195 cm³/mol. The van der Waals surface area contributed by atoms with E-state index in [-0.39, 0.29) is 45.1 Å². The van der Waals surface area contributed by atoms with Gasteiger partial charge in [0.1, 0.15) is 6.10 Å². The molecule has 1 amide bonds. The quantitative estimate of drug-likeness (QED) is 0.241. The number of piperazine rings is 1. The molecule has 2 heterocycles. The summed E-state index contributed by atoms with van der Waals surface area (Å²) in [7, 11) is 0. The fraction of sp³-hybridized carbons (Fsp3) is 0.929. The lowest BCUT2D eigenvalue weighted by atomic mass is 9.31. The van der Waals surface area contributed by atoms with Crippen LogP contribution in [0.4, 0.5) is 0 Å². The first-order valence-corrected chi connectivity index (χ1v) is 20.4. The molecule has 4 N–H and O–H groups in total. The summed E-state index contributed by atoms with van der Waals surface area (Å²) >= 11 is 0. The Kier molecular flexibility index (Phi) is 8.56. The van der Waals surface area contributed by atoms with Gasteiger partial charge in [0.05, 0.1) is 11.8 Å². The molecular weight excluding hydrogens is 626 g/mol. The second-order valence-corrected chi connectivity index (χ2v) is 21.1. The van der Waals surface area contributed by atoms with Crippen LogP contribution in [0.25, 0.3) is 0 Å². The number of carbonyl (C=O) groups excluding carboxylic acids is 2. The van der Waals surface area contributed by atoms with Gasteiger partial charge >= 0.3 is 11.9 Å². The zero-order valence-electron chi connectivity index (χ0n) is 32.8. The predicted octanol–water partition coefficient (Wildman–Crippen LogP) is 7.18. The van der Waals surface area contributed by atoms with Crippen molar-refractivity contribution in [1.82, 2.24) is 10.2 Å². The van der Waals surface area contributed by atoms with Gasteiger partial charge in [-0.15, -0.1) is 0 Å². The monoisotopic (exact) mass is 696 g/mol. The molecule has 5 aliphatic carbocycles. The number of amides is 1.